The first-order valence-electron chi connectivity index (χ1n) is 6.66. The summed E-state index contributed by atoms with van der Waals surface area (Å²) in [5.74, 6) is 0.589. The lowest BCUT2D eigenvalue weighted by molar-refractivity contribution is -0.121. The minimum Gasteiger partial charge on any atom is -0.492 e. The molecule has 4 nitrogen and oxygen atoms in total. The molecule has 1 amide bonds. The van der Waals surface area contributed by atoms with Gasteiger partial charge in [0.2, 0.25) is 5.91 Å². The number of aliphatic hydroxyl groups is 1. The number of nitrogens with one attached hydrogen (secondary N) is 1. The lowest BCUT2D eigenvalue weighted by Gasteiger charge is -2.16. The Hall–Kier alpha value is -2.07. The van der Waals surface area contributed by atoms with E-state index in [1.807, 2.05) is 36.4 Å². The minimum atomic E-state index is -0.616. The predicted molar refractivity (Wildman–Crippen MR) is 78.8 cm³/mol. The summed E-state index contributed by atoms with van der Waals surface area (Å²) < 4.78 is 5.76. The zero-order valence-corrected chi connectivity index (χ0v) is 11.7. The molecule has 0 heterocycles. The number of carbonyl (C=O) groups is 1. The van der Waals surface area contributed by atoms with Gasteiger partial charge in [0.05, 0.1) is 19.1 Å². The molecule has 0 fully saturated rings. The van der Waals surface area contributed by atoms with Crippen molar-refractivity contribution in [3.05, 3.63) is 42.0 Å². The molecule has 2 aromatic rings. The number of amides is 1. The van der Waals surface area contributed by atoms with E-state index < -0.39 is 6.10 Å². The van der Waals surface area contributed by atoms with Crippen LogP contribution in [-0.4, -0.2) is 24.7 Å². The van der Waals surface area contributed by atoms with Gasteiger partial charge in [0.25, 0.3) is 0 Å². The molecule has 0 aromatic heterocycles. The number of ether oxygens (including phenoxy) is 1. The first kappa shape index (κ1) is 14.3. The van der Waals surface area contributed by atoms with E-state index in [1.165, 1.54) is 0 Å². The molecule has 0 spiro atoms. The lowest BCUT2D eigenvalue weighted by atomic mass is 10.0. The Labute approximate surface area is 118 Å². The summed E-state index contributed by atoms with van der Waals surface area (Å²) in [7, 11) is 1.60. The van der Waals surface area contributed by atoms with Crippen molar-refractivity contribution in [1.29, 1.82) is 0 Å². The van der Waals surface area contributed by atoms with Crippen LogP contribution in [0.25, 0.3) is 10.8 Å². The molecule has 0 radical (unpaired) electrons. The van der Waals surface area contributed by atoms with Crippen molar-refractivity contribution in [2.24, 2.45) is 0 Å². The normalized spacial score (nSPS) is 12.2. The first-order valence-corrected chi connectivity index (χ1v) is 6.66. The summed E-state index contributed by atoms with van der Waals surface area (Å²) in [5, 5.41) is 14.4. The SMILES string of the molecule is CNC(=O)CCOc1c(C(C)O)ccc2ccccc12. The molecule has 2 rings (SSSR count). The van der Waals surface area contributed by atoms with E-state index in [0.717, 1.165) is 16.3 Å². The summed E-state index contributed by atoms with van der Waals surface area (Å²) >= 11 is 0. The van der Waals surface area contributed by atoms with Crippen molar-refractivity contribution in [1.82, 2.24) is 5.32 Å². The summed E-state index contributed by atoms with van der Waals surface area (Å²) in [6.07, 6.45) is -0.325. The van der Waals surface area contributed by atoms with E-state index in [2.05, 4.69) is 5.32 Å². The Morgan fingerprint density at radius 2 is 2.05 bits per heavy atom. The Morgan fingerprint density at radius 3 is 2.75 bits per heavy atom. The largest absolute Gasteiger partial charge is 0.492 e. The van der Waals surface area contributed by atoms with Crippen LogP contribution in [0.15, 0.2) is 36.4 Å². The van der Waals surface area contributed by atoms with E-state index in [4.69, 9.17) is 4.74 Å². The molecule has 1 atom stereocenters. The monoisotopic (exact) mass is 273 g/mol. The molecule has 2 N–H and O–H groups in total. The quantitative estimate of drug-likeness (QED) is 0.879. The van der Waals surface area contributed by atoms with E-state index in [0.29, 0.717) is 12.2 Å². The number of carbonyl (C=O) groups excluding carboxylic acids is 1. The number of hydrogen-bond donors (Lipinski definition) is 2. The van der Waals surface area contributed by atoms with Crippen molar-refractivity contribution < 1.29 is 14.6 Å². The number of hydrogen-bond acceptors (Lipinski definition) is 3. The van der Waals surface area contributed by atoms with Gasteiger partial charge in [-0.05, 0) is 12.3 Å². The molecule has 1 unspecified atom stereocenters. The van der Waals surface area contributed by atoms with Crippen molar-refractivity contribution >= 4 is 16.7 Å². The zero-order chi connectivity index (χ0) is 14.5. The van der Waals surface area contributed by atoms with Gasteiger partial charge in [0.15, 0.2) is 0 Å². The average Bonchev–Trinajstić information content (AvgIpc) is 2.46. The van der Waals surface area contributed by atoms with Gasteiger partial charge in [-0.2, -0.15) is 0 Å². The molecule has 0 aliphatic rings. The Morgan fingerprint density at radius 1 is 1.30 bits per heavy atom. The van der Waals surface area contributed by atoms with E-state index in [9.17, 15) is 9.90 Å². The van der Waals surface area contributed by atoms with Crippen molar-refractivity contribution in [3.8, 4) is 5.75 Å². The Kier molecular flexibility index (Phi) is 4.58. The summed E-state index contributed by atoms with van der Waals surface area (Å²) in [5.41, 5.74) is 0.737. The fourth-order valence-electron chi connectivity index (χ4n) is 2.12. The fraction of sp³-hybridized carbons (Fsp3) is 0.312. The van der Waals surface area contributed by atoms with Crippen molar-refractivity contribution in [2.45, 2.75) is 19.4 Å². The maximum atomic E-state index is 11.2. The van der Waals surface area contributed by atoms with Crippen LogP contribution >= 0.6 is 0 Å². The Balaban J connectivity index is 2.32. The third-order valence-corrected chi connectivity index (χ3v) is 3.21. The van der Waals surface area contributed by atoms with Gasteiger partial charge in [0, 0.05) is 18.0 Å². The standard InChI is InChI=1S/C16H19NO3/c1-11(18)13-8-7-12-5-3-4-6-14(12)16(13)20-10-9-15(19)17-2/h3-8,11,18H,9-10H2,1-2H3,(H,17,19). The molecule has 0 aliphatic carbocycles. The van der Waals surface area contributed by atoms with Crippen LogP contribution in [0.5, 0.6) is 5.75 Å². The van der Waals surface area contributed by atoms with E-state index in [1.54, 1.807) is 14.0 Å². The molecule has 0 saturated carbocycles. The molecule has 20 heavy (non-hydrogen) atoms. The highest BCUT2D eigenvalue weighted by atomic mass is 16.5. The zero-order valence-electron chi connectivity index (χ0n) is 11.7. The molecular formula is C16H19NO3. The molecule has 0 aliphatic heterocycles. The molecule has 0 bridgehead atoms. The third kappa shape index (κ3) is 3.08. The molecule has 2 aromatic carbocycles. The highest BCUT2D eigenvalue weighted by Crippen LogP contribution is 2.33. The Bertz CT molecular complexity index is 608. The van der Waals surface area contributed by atoms with Gasteiger partial charge >= 0.3 is 0 Å². The summed E-state index contributed by atoms with van der Waals surface area (Å²) in [6.45, 7) is 1.99. The molecular weight excluding hydrogens is 254 g/mol. The summed E-state index contributed by atoms with van der Waals surface area (Å²) in [4.78, 5) is 11.2. The number of aliphatic hydroxyl groups excluding tert-OH is 1. The lowest BCUT2D eigenvalue weighted by Crippen LogP contribution is -2.20. The molecule has 4 heteroatoms. The second kappa shape index (κ2) is 6.39. The van der Waals surface area contributed by atoms with Crippen LogP contribution in [-0.2, 0) is 4.79 Å². The second-order valence-corrected chi connectivity index (χ2v) is 4.65. The van der Waals surface area contributed by atoms with Crippen LogP contribution in [0, 0.1) is 0 Å². The summed E-state index contributed by atoms with van der Waals surface area (Å²) in [6, 6.07) is 11.7. The first-order chi connectivity index (χ1) is 9.63. The number of fused-ring (bicyclic) bond motifs is 1. The number of benzene rings is 2. The maximum Gasteiger partial charge on any atom is 0.223 e. The number of rotatable bonds is 5. The van der Waals surface area contributed by atoms with Crippen LogP contribution in [0.4, 0.5) is 0 Å². The topological polar surface area (TPSA) is 58.6 Å². The second-order valence-electron chi connectivity index (χ2n) is 4.65. The fourth-order valence-corrected chi connectivity index (χ4v) is 2.12. The highest BCUT2D eigenvalue weighted by Gasteiger charge is 2.13. The minimum absolute atomic E-state index is 0.0659. The van der Waals surface area contributed by atoms with Crippen LogP contribution < -0.4 is 10.1 Å². The van der Waals surface area contributed by atoms with Gasteiger partial charge in [-0.15, -0.1) is 0 Å². The van der Waals surface area contributed by atoms with Gasteiger partial charge in [-0.3, -0.25) is 4.79 Å². The van der Waals surface area contributed by atoms with E-state index >= 15 is 0 Å². The van der Waals surface area contributed by atoms with Crippen molar-refractivity contribution in [2.75, 3.05) is 13.7 Å². The van der Waals surface area contributed by atoms with Gasteiger partial charge in [-0.25, -0.2) is 0 Å². The van der Waals surface area contributed by atoms with Gasteiger partial charge < -0.3 is 15.2 Å². The third-order valence-electron chi connectivity index (χ3n) is 3.21. The predicted octanol–water partition coefficient (Wildman–Crippen LogP) is 2.41. The smallest absolute Gasteiger partial charge is 0.223 e. The van der Waals surface area contributed by atoms with Crippen LogP contribution in [0.3, 0.4) is 0 Å². The molecule has 106 valence electrons. The maximum absolute atomic E-state index is 11.2. The van der Waals surface area contributed by atoms with E-state index in [-0.39, 0.29) is 12.5 Å². The van der Waals surface area contributed by atoms with Crippen LogP contribution in [0.1, 0.15) is 25.0 Å². The molecule has 0 saturated heterocycles. The highest BCUT2D eigenvalue weighted by molar-refractivity contribution is 5.89. The van der Waals surface area contributed by atoms with Crippen LogP contribution in [0.2, 0.25) is 0 Å². The van der Waals surface area contributed by atoms with Gasteiger partial charge in [0.1, 0.15) is 5.75 Å². The average molecular weight is 273 g/mol. The van der Waals surface area contributed by atoms with Crippen molar-refractivity contribution in [3.63, 3.8) is 0 Å². The van der Waals surface area contributed by atoms with Gasteiger partial charge in [-0.1, -0.05) is 36.4 Å².